The van der Waals surface area contributed by atoms with Crippen LogP contribution in [0.25, 0.3) is 0 Å². The Hall–Kier alpha value is -0.460. The van der Waals surface area contributed by atoms with Gasteiger partial charge >= 0.3 is 0 Å². The van der Waals surface area contributed by atoms with E-state index in [0.29, 0.717) is 25.4 Å². The number of hydrogen-bond donors (Lipinski definition) is 0. The summed E-state index contributed by atoms with van der Waals surface area (Å²) in [5.41, 5.74) is -0.819. The standard InChI is InChI=1S/C16H28N2O3S/c1-4-17-7-9-18(10-8-17)22(20,21)12-16-6-5-13(11-14(16)19)15(16,2)3/h13H,4-12H2,1-3H3/t13-,16-/m0/s1. The molecule has 5 nitrogen and oxygen atoms in total. The van der Waals surface area contributed by atoms with Gasteiger partial charge in [0.05, 0.1) is 5.75 Å². The first kappa shape index (κ1) is 16.4. The molecule has 3 aliphatic rings. The zero-order valence-corrected chi connectivity index (χ0v) is 14.8. The van der Waals surface area contributed by atoms with Crippen LogP contribution >= 0.6 is 0 Å². The minimum atomic E-state index is -3.36. The number of fused-ring (bicyclic) bond motifs is 2. The molecule has 1 aliphatic heterocycles. The first-order chi connectivity index (χ1) is 10.2. The van der Waals surface area contributed by atoms with Gasteiger partial charge in [-0.05, 0) is 30.7 Å². The highest BCUT2D eigenvalue weighted by molar-refractivity contribution is 7.89. The highest BCUT2D eigenvalue weighted by atomic mass is 32.2. The topological polar surface area (TPSA) is 57.7 Å². The molecule has 0 spiro atoms. The number of carbonyl (C=O) groups is 1. The van der Waals surface area contributed by atoms with Gasteiger partial charge in [0.15, 0.2) is 0 Å². The molecule has 6 heteroatoms. The van der Waals surface area contributed by atoms with Crippen LogP contribution in [0.1, 0.15) is 40.0 Å². The van der Waals surface area contributed by atoms with Gasteiger partial charge in [-0.2, -0.15) is 4.31 Å². The summed E-state index contributed by atoms with van der Waals surface area (Å²) in [5.74, 6) is 0.575. The molecule has 0 amide bonds. The van der Waals surface area contributed by atoms with Crippen LogP contribution in [-0.4, -0.2) is 61.9 Å². The van der Waals surface area contributed by atoms with Crippen LogP contribution in [0.4, 0.5) is 0 Å². The van der Waals surface area contributed by atoms with Crippen molar-refractivity contribution in [2.45, 2.75) is 40.0 Å². The molecule has 0 aromatic rings. The minimum absolute atomic E-state index is 0.0223. The Morgan fingerprint density at radius 2 is 1.82 bits per heavy atom. The second-order valence-electron chi connectivity index (χ2n) is 7.76. The van der Waals surface area contributed by atoms with Gasteiger partial charge in [0.1, 0.15) is 5.78 Å². The summed E-state index contributed by atoms with van der Waals surface area (Å²) < 4.78 is 27.4. The predicted octanol–water partition coefficient (Wildman–Crippen LogP) is 1.35. The first-order valence-corrected chi connectivity index (χ1v) is 10.1. The van der Waals surface area contributed by atoms with Crippen LogP contribution < -0.4 is 0 Å². The maximum absolute atomic E-state index is 12.9. The van der Waals surface area contributed by atoms with Crippen LogP contribution in [0.2, 0.25) is 0 Å². The quantitative estimate of drug-likeness (QED) is 0.782. The van der Waals surface area contributed by atoms with Crippen molar-refractivity contribution in [3.05, 3.63) is 0 Å². The molecule has 3 rings (SSSR count). The monoisotopic (exact) mass is 328 g/mol. The molecule has 3 fully saturated rings. The minimum Gasteiger partial charge on any atom is -0.301 e. The summed E-state index contributed by atoms with van der Waals surface area (Å²) in [6.45, 7) is 9.97. The van der Waals surface area contributed by atoms with E-state index in [-0.39, 0.29) is 17.0 Å². The molecular weight excluding hydrogens is 300 g/mol. The lowest BCUT2D eigenvalue weighted by atomic mass is 9.70. The molecule has 0 unspecified atom stereocenters. The number of piperazine rings is 1. The number of likely N-dealkylation sites (N-methyl/N-ethyl adjacent to an activating group) is 1. The van der Waals surface area contributed by atoms with Crippen molar-refractivity contribution < 1.29 is 13.2 Å². The van der Waals surface area contributed by atoms with Gasteiger partial charge in [-0.3, -0.25) is 4.79 Å². The Balaban J connectivity index is 1.79. The third kappa shape index (κ3) is 2.26. The van der Waals surface area contributed by atoms with Gasteiger partial charge in [-0.25, -0.2) is 8.42 Å². The largest absolute Gasteiger partial charge is 0.301 e. The summed E-state index contributed by atoms with van der Waals surface area (Å²) >= 11 is 0. The number of ketones is 1. The van der Waals surface area contributed by atoms with E-state index in [1.54, 1.807) is 4.31 Å². The van der Waals surface area contributed by atoms with Crippen LogP contribution in [0.5, 0.6) is 0 Å². The van der Waals surface area contributed by atoms with Gasteiger partial charge in [-0.15, -0.1) is 0 Å². The maximum Gasteiger partial charge on any atom is 0.215 e. The van der Waals surface area contributed by atoms with Crippen molar-refractivity contribution in [2.75, 3.05) is 38.5 Å². The number of carbonyl (C=O) groups excluding carboxylic acids is 1. The summed E-state index contributed by atoms with van der Waals surface area (Å²) in [4.78, 5) is 14.8. The summed E-state index contributed by atoms with van der Waals surface area (Å²) in [7, 11) is -3.36. The normalized spacial score (nSPS) is 36.1. The Morgan fingerprint density at radius 3 is 2.27 bits per heavy atom. The molecule has 2 saturated carbocycles. The second-order valence-corrected chi connectivity index (χ2v) is 9.73. The lowest BCUT2D eigenvalue weighted by Crippen LogP contribution is -2.52. The van der Waals surface area contributed by atoms with Gasteiger partial charge in [0, 0.05) is 38.0 Å². The number of sulfonamides is 1. The molecule has 22 heavy (non-hydrogen) atoms. The van der Waals surface area contributed by atoms with Crippen LogP contribution in [0.3, 0.4) is 0 Å². The molecule has 0 radical (unpaired) electrons. The predicted molar refractivity (Wildman–Crippen MR) is 86.0 cm³/mol. The lowest BCUT2D eigenvalue weighted by molar-refractivity contribution is -0.128. The van der Waals surface area contributed by atoms with Crippen molar-refractivity contribution in [3.63, 3.8) is 0 Å². The van der Waals surface area contributed by atoms with E-state index in [4.69, 9.17) is 0 Å². The van der Waals surface area contributed by atoms with Crippen molar-refractivity contribution >= 4 is 15.8 Å². The zero-order chi connectivity index (χ0) is 16.2. The van der Waals surface area contributed by atoms with Gasteiger partial charge < -0.3 is 4.90 Å². The molecule has 1 heterocycles. The smallest absolute Gasteiger partial charge is 0.215 e. The van der Waals surface area contributed by atoms with Gasteiger partial charge in [-0.1, -0.05) is 20.8 Å². The van der Waals surface area contributed by atoms with Crippen LogP contribution in [0.15, 0.2) is 0 Å². The SMILES string of the molecule is CCN1CCN(S(=O)(=O)C[C@@]23CC[C@@H](CC2=O)C3(C)C)CC1. The van der Waals surface area contributed by atoms with E-state index >= 15 is 0 Å². The number of nitrogens with zero attached hydrogens (tertiary/aromatic N) is 2. The van der Waals surface area contributed by atoms with E-state index in [1.807, 2.05) is 0 Å². The highest BCUT2D eigenvalue weighted by Crippen LogP contribution is 2.64. The van der Waals surface area contributed by atoms with Gasteiger partial charge in [0.2, 0.25) is 10.0 Å². The van der Waals surface area contributed by atoms with E-state index in [1.165, 1.54) is 0 Å². The maximum atomic E-state index is 12.9. The first-order valence-electron chi connectivity index (χ1n) is 8.46. The van der Waals surface area contributed by atoms with E-state index in [2.05, 4.69) is 25.7 Å². The van der Waals surface area contributed by atoms with Crippen LogP contribution in [-0.2, 0) is 14.8 Å². The molecule has 2 atom stereocenters. The second kappa shape index (κ2) is 5.28. The highest BCUT2D eigenvalue weighted by Gasteiger charge is 2.65. The molecule has 126 valence electrons. The average Bonchev–Trinajstić information content (AvgIpc) is 2.81. The van der Waals surface area contributed by atoms with E-state index in [9.17, 15) is 13.2 Å². The average molecular weight is 328 g/mol. The van der Waals surface area contributed by atoms with Crippen molar-refractivity contribution in [3.8, 4) is 0 Å². The third-order valence-electron chi connectivity index (χ3n) is 6.74. The van der Waals surface area contributed by atoms with E-state index < -0.39 is 15.4 Å². The molecular formula is C16H28N2O3S. The Labute approximate surface area is 134 Å². The van der Waals surface area contributed by atoms with Crippen molar-refractivity contribution in [1.82, 2.24) is 9.21 Å². The van der Waals surface area contributed by atoms with Crippen molar-refractivity contribution in [2.24, 2.45) is 16.7 Å². The van der Waals surface area contributed by atoms with Crippen molar-refractivity contribution in [1.29, 1.82) is 0 Å². The fourth-order valence-electron chi connectivity index (χ4n) is 4.83. The van der Waals surface area contributed by atoms with Gasteiger partial charge in [0.25, 0.3) is 0 Å². The molecule has 0 N–H and O–H groups in total. The number of rotatable bonds is 4. The summed E-state index contributed by atoms with van der Waals surface area (Å²) in [5, 5.41) is 0. The Morgan fingerprint density at radius 1 is 1.18 bits per heavy atom. The fourth-order valence-corrected chi connectivity index (χ4v) is 7.04. The Kier molecular flexibility index (Phi) is 3.94. The molecule has 0 aromatic carbocycles. The number of hydrogen-bond acceptors (Lipinski definition) is 4. The lowest BCUT2D eigenvalue weighted by Gasteiger charge is -2.39. The van der Waals surface area contributed by atoms with Crippen LogP contribution in [0, 0.1) is 16.7 Å². The summed E-state index contributed by atoms with van der Waals surface area (Å²) in [6.07, 6.45) is 2.32. The molecule has 1 saturated heterocycles. The zero-order valence-electron chi connectivity index (χ0n) is 14.0. The number of Topliss-reactive ketones (excluding diaryl/α,β-unsaturated/α-hetero) is 1. The molecule has 2 bridgehead atoms. The molecule has 2 aliphatic carbocycles. The van der Waals surface area contributed by atoms with E-state index in [0.717, 1.165) is 32.5 Å². The fraction of sp³-hybridized carbons (Fsp3) is 0.938. The summed E-state index contributed by atoms with van der Waals surface area (Å²) in [6, 6.07) is 0. The Bertz CT molecular complexity index is 564. The third-order valence-corrected chi connectivity index (χ3v) is 8.75. The molecule has 0 aromatic heterocycles.